The van der Waals surface area contributed by atoms with Crippen molar-refractivity contribution in [1.82, 2.24) is 20.6 Å². The van der Waals surface area contributed by atoms with E-state index in [4.69, 9.17) is 4.74 Å². The molecule has 9 nitrogen and oxygen atoms in total. The van der Waals surface area contributed by atoms with Crippen LogP contribution in [0.15, 0.2) is 18.2 Å². The van der Waals surface area contributed by atoms with Crippen molar-refractivity contribution >= 4 is 11.4 Å². The molecule has 2 N–H and O–H groups in total. The van der Waals surface area contributed by atoms with Crippen molar-refractivity contribution in [3.63, 3.8) is 0 Å². The number of aromatic amines is 1. The highest BCUT2D eigenvalue weighted by Crippen LogP contribution is 2.30. The van der Waals surface area contributed by atoms with E-state index in [1.54, 1.807) is 19.1 Å². The molecule has 19 heavy (non-hydrogen) atoms. The lowest BCUT2D eigenvalue weighted by Gasteiger charge is -2.08. The monoisotopic (exact) mass is 264 g/mol. The zero-order chi connectivity index (χ0) is 13.7. The Bertz CT molecular complexity index is 556. The Balaban J connectivity index is 2.13. The van der Waals surface area contributed by atoms with Gasteiger partial charge in [0.1, 0.15) is 0 Å². The number of tetrazole rings is 1. The molecule has 9 heteroatoms. The largest absolute Gasteiger partial charge is 0.487 e. The van der Waals surface area contributed by atoms with Crippen molar-refractivity contribution in [2.45, 2.75) is 13.5 Å². The van der Waals surface area contributed by atoms with Gasteiger partial charge in [-0.05, 0) is 13.0 Å². The number of nitrogens with one attached hydrogen (secondary N) is 2. The SMILES string of the molecule is CCOc1cc(NCc2nn[nH]n2)ccc1[N+](=O)[O-]. The molecule has 0 aliphatic heterocycles. The molecule has 0 unspecified atom stereocenters. The van der Waals surface area contributed by atoms with E-state index in [0.29, 0.717) is 24.7 Å². The van der Waals surface area contributed by atoms with Gasteiger partial charge in [0.2, 0.25) is 0 Å². The highest BCUT2D eigenvalue weighted by Gasteiger charge is 2.15. The highest BCUT2D eigenvalue weighted by molar-refractivity contribution is 5.57. The van der Waals surface area contributed by atoms with E-state index in [2.05, 4.69) is 25.9 Å². The number of rotatable bonds is 6. The van der Waals surface area contributed by atoms with Gasteiger partial charge < -0.3 is 10.1 Å². The fraction of sp³-hybridized carbons (Fsp3) is 0.300. The predicted molar refractivity (Wildman–Crippen MR) is 65.8 cm³/mol. The number of aromatic nitrogens is 4. The van der Waals surface area contributed by atoms with Gasteiger partial charge in [0.15, 0.2) is 11.6 Å². The van der Waals surface area contributed by atoms with Crippen LogP contribution in [-0.2, 0) is 6.54 Å². The predicted octanol–water partition coefficient (Wildman–Crippen LogP) is 1.12. The molecule has 100 valence electrons. The molecule has 2 rings (SSSR count). The summed E-state index contributed by atoms with van der Waals surface area (Å²) >= 11 is 0. The molecule has 2 aromatic rings. The molecule has 0 bridgehead atoms. The average Bonchev–Trinajstić information content (AvgIpc) is 2.90. The summed E-state index contributed by atoms with van der Waals surface area (Å²) in [7, 11) is 0. The molecule has 0 aliphatic rings. The molecule has 0 atom stereocenters. The molecular weight excluding hydrogens is 252 g/mol. The minimum atomic E-state index is -0.478. The summed E-state index contributed by atoms with van der Waals surface area (Å²) < 4.78 is 5.24. The summed E-state index contributed by atoms with van der Waals surface area (Å²) in [6.45, 7) is 2.48. The molecule has 1 aromatic heterocycles. The molecule has 1 heterocycles. The van der Waals surface area contributed by atoms with Crippen molar-refractivity contribution in [1.29, 1.82) is 0 Å². The van der Waals surface area contributed by atoms with E-state index in [-0.39, 0.29) is 11.4 Å². The number of hydrogen-bond acceptors (Lipinski definition) is 7. The van der Waals surface area contributed by atoms with Crippen LogP contribution >= 0.6 is 0 Å². The first-order valence-electron chi connectivity index (χ1n) is 5.58. The number of hydrogen-bond donors (Lipinski definition) is 2. The van der Waals surface area contributed by atoms with Crippen molar-refractivity contribution < 1.29 is 9.66 Å². The Morgan fingerprint density at radius 2 is 2.37 bits per heavy atom. The van der Waals surface area contributed by atoms with E-state index in [1.807, 2.05) is 0 Å². The number of H-pyrrole nitrogens is 1. The first kappa shape index (κ1) is 12.7. The number of ether oxygens (including phenoxy) is 1. The van der Waals surface area contributed by atoms with Gasteiger partial charge in [0.05, 0.1) is 18.1 Å². The molecule has 0 amide bonds. The quantitative estimate of drug-likeness (QED) is 0.592. The summed E-state index contributed by atoms with van der Waals surface area (Å²) in [5, 5.41) is 27.2. The molecule has 0 spiro atoms. The maximum Gasteiger partial charge on any atom is 0.311 e. The van der Waals surface area contributed by atoms with Gasteiger partial charge in [-0.15, -0.1) is 10.2 Å². The second-order valence-corrected chi connectivity index (χ2v) is 3.55. The van der Waals surface area contributed by atoms with E-state index in [0.717, 1.165) is 0 Å². The third kappa shape index (κ3) is 3.15. The standard InChI is InChI=1S/C10H12N6O3/c1-2-19-9-5-7(3-4-8(9)16(17)18)11-6-10-12-14-15-13-10/h3-5,11H,2,6H2,1H3,(H,12,13,14,15). The molecule has 0 saturated carbocycles. The van der Waals surface area contributed by atoms with Crippen LogP contribution in [0.4, 0.5) is 11.4 Å². The Kier molecular flexibility index (Phi) is 3.86. The Morgan fingerprint density at radius 3 is 3.00 bits per heavy atom. The third-order valence-corrected chi connectivity index (χ3v) is 2.30. The van der Waals surface area contributed by atoms with Gasteiger partial charge in [-0.25, -0.2) is 0 Å². The average molecular weight is 264 g/mol. The molecule has 0 aliphatic carbocycles. The summed E-state index contributed by atoms with van der Waals surface area (Å²) in [5.74, 6) is 0.724. The second-order valence-electron chi connectivity index (χ2n) is 3.55. The molecule has 0 fully saturated rings. The van der Waals surface area contributed by atoms with Gasteiger partial charge in [0.25, 0.3) is 0 Å². The third-order valence-electron chi connectivity index (χ3n) is 2.30. The minimum absolute atomic E-state index is 0.0630. The smallest absolute Gasteiger partial charge is 0.311 e. The van der Waals surface area contributed by atoms with Crippen LogP contribution in [-0.4, -0.2) is 32.2 Å². The lowest BCUT2D eigenvalue weighted by atomic mass is 10.2. The zero-order valence-corrected chi connectivity index (χ0v) is 10.2. The Labute approximate surface area is 108 Å². The summed E-state index contributed by atoms with van der Waals surface area (Å²) in [6, 6.07) is 4.56. The van der Waals surface area contributed by atoms with Gasteiger partial charge in [-0.1, -0.05) is 5.21 Å². The van der Waals surface area contributed by atoms with Crippen LogP contribution in [0.5, 0.6) is 5.75 Å². The number of nitro benzene ring substituents is 1. The van der Waals surface area contributed by atoms with Crippen LogP contribution in [0.2, 0.25) is 0 Å². The Morgan fingerprint density at radius 1 is 1.53 bits per heavy atom. The van der Waals surface area contributed by atoms with E-state index >= 15 is 0 Å². The highest BCUT2D eigenvalue weighted by atomic mass is 16.6. The van der Waals surface area contributed by atoms with Crippen molar-refractivity contribution in [2.75, 3.05) is 11.9 Å². The van der Waals surface area contributed by atoms with Gasteiger partial charge in [-0.3, -0.25) is 10.1 Å². The lowest BCUT2D eigenvalue weighted by Crippen LogP contribution is -2.03. The van der Waals surface area contributed by atoms with Gasteiger partial charge in [0, 0.05) is 17.8 Å². The summed E-state index contributed by atoms with van der Waals surface area (Å²) in [5.41, 5.74) is 0.616. The van der Waals surface area contributed by atoms with Crippen molar-refractivity contribution in [3.05, 3.63) is 34.1 Å². The van der Waals surface area contributed by atoms with E-state index < -0.39 is 4.92 Å². The van der Waals surface area contributed by atoms with Crippen LogP contribution in [0.1, 0.15) is 12.7 Å². The summed E-state index contributed by atoms with van der Waals surface area (Å²) in [4.78, 5) is 10.3. The van der Waals surface area contributed by atoms with Gasteiger partial charge >= 0.3 is 5.69 Å². The first-order valence-corrected chi connectivity index (χ1v) is 5.58. The van der Waals surface area contributed by atoms with Crippen LogP contribution in [0.25, 0.3) is 0 Å². The molecule has 0 saturated heterocycles. The van der Waals surface area contributed by atoms with E-state index in [1.165, 1.54) is 6.07 Å². The second kappa shape index (κ2) is 5.76. The van der Waals surface area contributed by atoms with Gasteiger partial charge in [-0.2, -0.15) is 5.21 Å². The van der Waals surface area contributed by atoms with E-state index in [9.17, 15) is 10.1 Å². The van der Waals surface area contributed by atoms with Crippen LogP contribution < -0.4 is 10.1 Å². The maximum atomic E-state index is 10.8. The van der Waals surface area contributed by atoms with Crippen molar-refractivity contribution in [2.24, 2.45) is 0 Å². The molecule has 1 aromatic carbocycles. The van der Waals surface area contributed by atoms with Crippen LogP contribution in [0.3, 0.4) is 0 Å². The minimum Gasteiger partial charge on any atom is -0.487 e. The number of anilines is 1. The summed E-state index contributed by atoms with van der Waals surface area (Å²) in [6.07, 6.45) is 0. The van der Waals surface area contributed by atoms with Crippen molar-refractivity contribution in [3.8, 4) is 5.75 Å². The topological polar surface area (TPSA) is 119 Å². The Hall–Kier alpha value is -2.71. The molecular formula is C10H12N6O3. The lowest BCUT2D eigenvalue weighted by molar-refractivity contribution is -0.385. The molecule has 0 radical (unpaired) electrons. The first-order chi connectivity index (χ1) is 9.20. The number of benzene rings is 1. The fourth-order valence-corrected chi connectivity index (χ4v) is 1.48. The number of nitro groups is 1. The zero-order valence-electron chi connectivity index (χ0n) is 10.2. The maximum absolute atomic E-state index is 10.8. The number of nitrogens with zero attached hydrogens (tertiary/aromatic N) is 4. The van der Waals surface area contributed by atoms with Crippen LogP contribution in [0, 0.1) is 10.1 Å². The normalized spacial score (nSPS) is 10.2. The fourth-order valence-electron chi connectivity index (χ4n) is 1.48.